The molecule has 3 aromatic carbocycles. The average Bonchev–Trinajstić information content (AvgIpc) is 2.81. The molecule has 12 heteroatoms. The second kappa shape index (κ2) is 10.4. The standard InChI is InChI=1S/C23H18ClF4N3O3S/c1-15(16-7-9-17(25)10-8-16)29-30-22(32)14-31(35(33,34)19-5-3-2-4-6-19)18-11-12-21(24)20(13-18)23(26,27)28/h2-13H,14H2,1H3,(H,30,32)/b29-15+. The number of carbonyl (C=O) groups excluding carboxylic acids is 1. The van der Waals surface area contributed by atoms with E-state index in [-0.39, 0.29) is 4.90 Å². The van der Waals surface area contributed by atoms with Crippen molar-refractivity contribution in [3.05, 3.63) is 94.8 Å². The van der Waals surface area contributed by atoms with Gasteiger partial charge < -0.3 is 0 Å². The van der Waals surface area contributed by atoms with Gasteiger partial charge in [0.15, 0.2) is 0 Å². The number of sulfonamides is 1. The summed E-state index contributed by atoms with van der Waals surface area (Å²) in [5.41, 5.74) is 1.29. The lowest BCUT2D eigenvalue weighted by Crippen LogP contribution is -2.40. The topological polar surface area (TPSA) is 78.8 Å². The van der Waals surface area contributed by atoms with E-state index in [0.717, 1.165) is 12.1 Å². The first-order chi connectivity index (χ1) is 16.4. The van der Waals surface area contributed by atoms with Gasteiger partial charge in [-0.25, -0.2) is 18.2 Å². The Balaban J connectivity index is 1.96. The molecular weight excluding hydrogens is 510 g/mol. The molecule has 0 saturated heterocycles. The van der Waals surface area contributed by atoms with Crippen LogP contribution < -0.4 is 9.73 Å². The number of rotatable bonds is 7. The van der Waals surface area contributed by atoms with E-state index < -0.39 is 50.7 Å². The van der Waals surface area contributed by atoms with Crippen LogP contribution in [-0.2, 0) is 21.0 Å². The highest BCUT2D eigenvalue weighted by atomic mass is 35.5. The van der Waals surface area contributed by atoms with Crippen molar-refractivity contribution in [1.29, 1.82) is 0 Å². The zero-order valence-electron chi connectivity index (χ0n) is 18.1. The van der Waals surface area contributed by atoms with Crippen LogP contribution in [0.4, 0.5) is 23.2 Å². The first kappa shape index (κ1) is 26.2. The van der Waals surface area contributed by atoms with E-state index >= 15 is 0 Å². The number of anilines is 1. The van der Waals surface area contributed by atoms with Crippen molar-refractivity contribution < 1.29 is 30.8 Å². The summed E-state index contributed by atoms with van der Waals surface area (Å²) in [4.78, 5) is 12.4. The number of benzene rings is 3. The fourth-order valence-electron chi connectivity index (χ4n) is 2.99. The minimum atomic E-state index is -4.85. The summed E-state index contributed by atoms with van der Waals surface area (Å²) in [5.74, 6) is -1.39. The number of alkyl halides is 3. The van der Waals surface area contributed by atoms with Gasteiger partial charge in [-0.1, -0.05) is 41.9 Å². The number of nitrogens with zero attached hydrogens (tertiary/aromatic N) is 2. The van der Waals surface area contributed by atoms with Gasteiger partial charge in [-0.3, -0.25) is 9.10 Å². The van der Waals surface area contributed by atoms with Crippen LogP contribution >= 0.6 is 11.6 Å². The molecule has 0 atom stereocenters. The highest BCUT2D eigenvalue weighted by Gasteiger charge is 2.35. The van der Waals surface area contributed by atoms with Crippen LogP contribution in [0.25, 0.3) is 0 Å². The summed E-state index contributed by atoms with van der Waals surface area (Å²) < 4.78 is 80.4. The summed E-state index contributed by atoms with van der Waals surface area (Å²) in [6, 6.07) is 14.7. The summed E-state index contributed by atoms with van der Waals surface area (Å²) in [6.07, 6.45) is -4.85. The Labute approximate surface area is 203 Å². The predicted molar refractivity (Wildman–Crippen MR) is 124 cm³/mol. The van der Waals surface area contributed by atoms with E-state index in [9.17, 15) is 30.8 Å². The summed E-state index contributed by atoms with van der Waals surface area (Å²) in [5, 5.41) is 3.25. The lowest BCUT2D eigenvalue weighted by molar-refractivity contribution is -0.137. The Morgan fingerprint density at radius 2 is 1.66 bits per heavy atom. The normalized spacial score (nSPS) is 12.3. The number of hydrazone groups is 1. The maximum absolute atomic E-state index is 13.4. The minimum absolute atomic E-state index is 0.234. The van der Waals surface area contributed by atoms with Crippen molar-refractivity contribution in [2.24, 2.45) is 5.10 Å². The van der Waals surface area contributed by atoms with Crippen LogP contribution in [0.5, 0.6) is 0 Å². The van der Waals surface area contributed by atoms with Crippen molar-refractivity contribution >= 4 is 38.9 Å². The molecule has 0 heterocycles. The van der Waals surface area contributed by atoms with Crippen LogP contribution in [0.15, 0.2) is 82.8 Å². The van der Waals surface area contributed by atoms with Crippen molar-refractivity contribution in [2.75, 3.05) is 10.8 Å². The molecule has 0 bridgehead atoms. The zero-order valence-corrected chi connectivity index (χ0v) is 19.6. The second-order valence-electron chi connectivity index (χ2n) is 7.23. The van der Waals surface area contributed by atoms with E-state index in [1.807, 2.05) is 0 Å². The van der Waals surface area contributed by atoms with Gasteiger partial charge in [0.2, 0.25) is 0 Å². The Kier molecular flexibility index (Phi) is 7.81. The smallest absolute Gasteiger partial charge is 0.271 e. The van der Waals surface area contributed by atoms with Gasteiger partial charge in [-0.2, -0.15) is 18.3 Å². The molecule has 1 amide bonds. The first-order valence-corrected chi connectivity index (χ1v) is 11.7. The second-order valence-corrected chi connectivity index (χ2v) is 9.50. The zero-order chi connectivity index (χ0) is 25.8. The van der Waals surface area contributed by atoms with Crippen LogP contribution in [0, 0.1) is 5.82 Å². The Morgan fingerprint density at radius 1 is 1.03 bits per heavy atom. The average molecular weight is 528 g/mol. The monoisotopic (exact) mass is 527 g/mol. The number of halogens is 5. The van der Waals surface area contributed by atoms with Gasteiger partial charge in [-0.15, -0.1) is 0 Å². The minimum Gasteiger partial charge on any atom is -0.271 e. The van der Waals surface area contributed by atoms with E-state index in [1.165, 1.54) is 55.5 Å². The highest BCUT2D eigenvalue weighted by Crippen LogP contribution is 2.38. The molecule has 3 rings (SSSR count). The molecule has 0 aromatic heterocycles. The van der Waals surface area contributed by atoms with Crippen molar-refractivity contribution in [2.45, 2.75) is 18.0 Å². The molecule has 0 saturated carbocycles. The molecule has 35 heavy (non-hydrogen) atoms. The van der Waals surface area contributed by atoms with Gasteiger partial charge in [0.25, 0.3) is 15.9 Å². The number of carbonyl (C=O) groups is 1. The van der Waals surface area contributed by atoms with Gasteiger partial charge in [-0.05, 0) is 55.0 Å². The van der Waals surface area contributed by atoms with Crippen LogP contribution in [0.3, 0.4) is 0 Å². The van der Waals surface area contributed by atoms with Gasteiger partial charge in [0.1, 0.15) is 12.4 Å². The van der Waals surface area contributed by atoms with Gasteiger partial charge in [0.05, 0.1) is 26.9 Å². The summed E-state index contributed by atoms with van der Waals surface area (Å²) >= 11 is 5.67. The van der Waals surface area contributed by atoms with E-state index in [4.69, 9.17) is 11.6 Å². The molecule has 6 nitrogen and oxygen atoms in total. The van der Waals surface area contributed by atoms with Crippen molar-refractivity contribution in [3.8, 4) is 0 Å². The summed E-state index contributed by atoms with van der Waals surface area (Å²) in [7, 11) is -4.45. The fourth-order valence-corrected chi connectivity index (χ4v) is 4.65. The van der Waals surface area contributed by atoms with Gasteiger partial charge in [0, 0.05) is 0 Å². The van der Waals surface area contributed by atoms with E-state index in [0.29, 0.717) is 21.6 Å². The molecule has 0 aliphatic rings. The molecule has 0 aliphatic carbocycles. The number of nitrogens with one attached hydrogen (secondary N) is 1. The number of hydrogen-bond acceptors (Lipinski definition) is 4. The highest BCUT2D eigenvalue weighted by molar-refractivity contribution is 7.92. The third kappa shape index (κ3) is 6.37. The molecule has 3 aromatic rings. The third-order valence-electron chi connectivity index (χ3n) is 4.77. The SMILES string of the molecule is C/C(=N\NC(=O)CN(c1ccc(Cl)c(C(F)(F)F)c1)S(=O)(=O)c1ccccc1)c1ccc(F)cc1. The molecular formula is C23H18ClF4N3O3S. The lowest BCUT2D eigenvalue weighted by Gasteiger charge is -2.25. The van der Waals surface area contributed by atoms with E-state index in [1.54, 1.807) is 6.07 Å². The summed E-state index contributed by atoms with van der Waals surface area (Å²) in [6.45, 7) is 0.650. The molecule has 0 spiro atoms. The maximum atomic E-state index is 13.4. The lowest BCUT2D eigenvalue weighted by atomic mass is 10.1. The predicted octanol–water partition coefficient (Wildman–Crippen LogP) is 5.23. The van der Waals surface area contributed by atoms with Crippen LogP contribution in [0.2, 0.25) is 5.02 Å². The Hall–Kier alpha value is -3.44. The molecule has 184 valence electrons. The molecule has 0 aliphatic heterocycles. The van der Waals surface area contributed by atoms with Crippen LogP contribution in [0.1, 0.15) is 18.1 Å². The first-order valence-electron chi connectivity index (χ1n) is 9.93. The molecule has 1 N–H and O–H groups in total. The Bertz CT molecular complexity index is 1350. The number of amides is 1. The molecule has 0 unspecified atom stereocenters. The third-order valence-corrected chi connectivity index (χ3v) is 6.89. The fraction of sp³-hybridized carbons (Fsp3) is 0.130. The molecule has 0 fully saturated rings. The largest absolute Gasteiger partial charge is 0.417 e. The quantitative estimate of drug-likeness (QED) is 0.259. The van der Waals surface area contributed by atoms with Crippen molar-refractivity contribution in [1.82, 2.24) is 5.43 Å². The molecule has 0 radical (unpaired) electrons. The van der Waals surface area contributed by atoms with Crippen LogP contribution in [-0.4, -0.2) is 26.6 Å². The van der Waals surface area contributed by atoms with Gasteiger partial charge >= 0.3 is 6.18 Å². The maximum Gasteiger partial charge on any atom is 0.417 e. The van der Waals surface area contributed by atoms with E-state index in [2.05, 4.69) is 10.5 Å². The van der Waals surface area contributed by atoms with Crippen molar-refractivity contribution in [3.63, 3.8) is 0 Å². The Morgan fingerprint density at radius 3 is 2.26 bits per heavy atom. The number of hydrogen-bond donors (Lipinski definition) is 1.